The summed E-state index contributed by atoms with van der Waals surface area (Å²) in [6.07, 6.45) is 2.96. The average molecular weight is 422 g/mol. The molecule has 8 nitrogen and oxygen atoms in total. The molecule has 158 valence electrons. The average Bonchev–Trinajstić information content (AvgIpc) is 2.83. The summed E-state index contributed by atoms with van der Waals surface area (Å²) in [5.74, 6) is 1.85. The van der Waals surface area contributed by atoms with Crippen molar-refractivity contribution in [3.63, 3.8) is 0 Å². The smallest absolute Gasteiger partial charge is 0.345 e. The maximum Gasteiger partial charge on any atom is 0.345 e. The van der Waals surface area contributed by atoms with E-state index in [1.807, 2.05) is 0 Å². The molecule has 0 radical (unpaired) electrons. The number of nitrogens with zero attached hydrogens (tertiary/aromatic N) is 3. The standard InChI is InChI=1S/C20H28ClN5O3/c1-13(2)8-11-26-20(28)25-10-9-15(5-7-18(25)24-26)22-19(27)23-16-12-14(21)4-6-17(16)29-3/h4,6,12-13,15H,5,7-11H2,1-3H3,(H2,22,23,27). The lowest BCUT2D eigenvalue weighted by Crippen LogP contribution is -2.38. The van der Waals surface area contributed by atoms with Gasteiger partial charge in [-0.25, -0.2) is 14.3 Å². The molecule has 1 aromatic heterocycles. The Hall–Kier alpha value is -2.48. The van der Waals surface area contributed by atoms with E-state index in [0.717, 1.165) is 18.7 Å². The van der Waals surface area contributed by atoms with Gasteiger partial charge in [0, 0.05) is 30.6 Å². The number of urea groups is 1. The van der Waals surface area contributed by atoms with E-state index in [4.69, 9.17) is 16.3 Å². The lowest BCUT2D eigenvalue weighted by molar-refractivity contribution is 0.246. The minimum absolute atomic E-state index is 0.0506. The number of carbonyl (C=O) groups is 1. The van der Waals surface area contributed by atoms with Crippen LogP contribution in [0.4, 0.5) is 10.5 Å². The minimum atomic E-state index is -0.329. The summed E-state index contributed by atoms with van der Waals surface area (Å²) in [5, 5.41) is 10.8. The topological polar surface area (TPSA) is 90.2 Å². The highest BCUT2D eigenvalue weighted by molar-refractivity contribution is 6.31. The number of halogens is 1. The molecule has 2 aromatic rings. The van der Waals surface area contributed by atoms with Crippen LogP contribution in [0.3, 0.4) is 0 Å². The van der Waals surface area contributed by atoms with Crippen molar-refractivity contribution in [1.82, 2.24) is 19.7 Å². The fourth-order valence-corrected chi connectivity index (χ4v) is 3.59. The van der Waals surface area contributed by atoms with Crippen LogP contribution in [0.5, 0.6) is 5.75 Å². The Balaban J connectivity index is 1.59. The van der Waals surface area contributed by atoms with E-state index >= 15 is 0 Å². The summed E-state index contributed by atoms with van der Waals surface area (Å²) >= 11 is 6.01. The number of nitrogens with one attached hydrogen (secondary N) is 2. The van der Waals surface area contributed by atoms with E-state index in [2.05, 4.69) is 29.6 Å². The molecular weight excluding hydrogens is 394 g/mol. The Morgan fingerprint density at radius 1 is 1.38 bits per heavy atom. The SMILES string of the molecule is COc1ccc(Cl)cc1NC(=O)NC1CCc2nn(CCC(C)C)c(=O)n2CC1. The Bertz CT molecular complexity index is 921. The van der Waals surface area contributed by atoms with E-state index in [0.29, 0.717) is 48.3 Å². The zero-order chi connectivity index (χ0) is 21.0. The van der Waals surface area contributed by atoms with Gasteiger partial charge in [-0.15, -0.1) is 0 Å². The van der Waals surface area contributed by atoms with Crippen LogP contribution in [-0.4, -0.2) is 33.5 Å². The van der Waals surface area contributed by atoms with E-state index in [1.54, 1.807) is 27.4 Å². The van der Waals surface area contributed by atoms with Gasteiger partial charge in [0.15, 0.2) is 0 Å². The van der Waals surface area contributed by atoms with Gasteiger partial charge in [-0.2, -0.15) is 5.10 Å². The number of carbonyl (C=O) groups excluding carboxylic acids is 1. The largest absolute Gasteiger partial charge is 0.495 e. The van der Waals surface area contributed by atoms with Gasteiger partial charge in [-0.05, 0) is 43.4 Å². The number of rotatable bonds is 6. The van der Waals surface area contributed by atoms with Gasteiger partial charge in [0.2, 0.25) is 0 Å². The number of anilines is 1. The minimum Gasteiger partial charge on any atom is -0.495 e. The maximum absolute atomic E-state index is 12.6. The monoisotopic (exact) mass is 421 g/mol. The molecule has 0 saturated carbocycles. The van der Waals surface area contributed by atoms with Gasteiger partial charge in [-0.1, -0.05) is 25.4 Å². The molecule has 2 N–H and O–H groups in total. The van der Waals surface area contributed by atoms with Crippen molar-refractivity contribution in [2.75, 3.05) is 12.4 Å². The van der Waals surface area contributed by atoms with Crippen molar-refractivity contribution in [3.05, 3.63) is 39.5 Å². The van der Waals surface area contributed by atoms with Crippen molar-refractivity contribution in [2.45, 2.75) is 58.7 Å². The molecule has 1 atom stereocenters. The predicted molar refractivity (Wildman–Crippen MR) is 113 cm³/mol. The summed E-state index contributed by atoms with van der Waals surface area (Å²) in [4.78, 5) is 25.0. The Morgan fingerprint density at radius 3 is 2.90 bits per heavy atom. The molecule has 2 heterocycles. The molecule has 0 fully saturated rings. The van der Waals surface area contributed by atoms with Crippen molar-refractivity contribution in [3.8, 4) is 5.75 Å². The summed E-state index contributed by atoms with van der Waals surface area (Å²) in [6.45, 7) is 5.45. The molecule has 0 saturated heterocycles. The van der Waals surface area contributed by atoms with Gasteiger partial charge in [0.1, 0.15) is 11.6 Å². The quantitative estimate of drug-likeness (QED) is 0.748. The van der Waals surface area contributed by atoms with E-state index in [1.165, 1.54) is 7.11 Å². The number of benzene rings is 1. The highest BCUT2D eigenvalue weighted by Gasteiger charge is 2.22. The number of methoxy groups -OCH3 is 1. The molecule has 1 aliphatic heterocycles. The molecule has 1 aromatic carbocycles. The molecule has 1 aliphatic rings. The third kappa shape index (κ3) is 5.32. The molecule has 2 amide bonds. The number of aryl methyl sites for hydroxylation is 2. The van der Waals surface area contributed by atoms with Crippen molar-refractivity contribution < 1.29 is 9.53 Å². The van der Waals surface area contributed by atoms with Crippen LogP contribution < -0.4 is 21.1 Å². The molecule has 9 heteroatoms. The van der Waals surface area contributed by atoms with Gasteiger partial charge in [0.25, 0.3) is 0 Å². The molecular formula is C20H28ClN5O3. The number of amides is 2. The van der Waals surface area contributed by atoms with Crippen molar-refractivity contribution in [1.29, 1.82) is 0 Å². The van der Waals surface area contributed by atoms with Crippen molar-refractivity contribution >= 4 is 23.3 Å². The van der Waals surface area contributed by atoms with Crippen molar-refractivity contribution in [2.24, 2.45) is 5.92 Å². The van der Waals surface area contributed by atoms with Crippen LogP contribution in [0.2, 0.25) is 5.02 Å². The van der Waals surface area contributed by atoms with Crippen LogP contribution >= 0.6 is 11.6 Å². The number of hydrogen-bond donors (Lipinski definition) is 2. The Labute approximate surface area is 175 Å². The third-order valence-electron chi connectivity index (χ3n) is 5.08. The number of fused-ring (bicyclic) bond motifs is 1. The first-order valence-corrected chi connectivity index (χ1v) is 10.3. The lowest BCUT2D eigenvalue weighted by Gasteiger charge is -2.17. The van der Waals surface area contributed by atoms with Crippen LogP contribution in [0, 0.1) is 5.92 Å². The van der Waals surface area contributed by atoms with Gasteiger partial charge >= 0.3 is 11.7 Å². The number of aromatic nitrogens is 3. The second-order valence-electron chi connectivity index (χ2n) is 7.72. The zero-order valence-electron chi connectivity index (χ0n) is 17.1. The van der Waals surface area contributed by atoms with Gasteiger partial charge in [-0.3, -0.25) is 4.57 Å². The van der Waals surface area contributed by atoms with E-state index in [-0.39, 0.29) is 17.8 Å². The highest BCUT2D eigenvalue weighted by atomic mass is 35.5. The first kappa shape index (κ1) is 21.2. The zero-order valence-corrected chi connectivity index (χ0v) is 17.8. The van der Waals surface area contributed by atoms with E-state index in [9.17, 15) is 9.59 Å². The molecule has 3 rings (SSSR count). The highest BCUT2D eigenvalue weighted by Crippen LogP contribution is 2.27. The third-order valence-corrected chi connectivity index (χ3v) is 5.32. The molecule has 0 bridgehead atoms. The Kier molecular flexibility index (Phi) is 6.84. The van der Waals surface area contributed by atoms with Crippen LogP contribution in [-0.2, 0) is 19.5 Å². The fraction of sp³-hybridized carbons (Fsp3) is 0.550. The number of hydrogen-bond acceptors (Lipinski definition) is 4. The van der Waals surface area contributed by atoms with Gasteiger partial charge in [0.05, 0.1) is 12.8 Å². The second-order valence-corrected chi connectivity index (χ2v) is 8.16. The molecule has 29 heavy (non-hydrogen) atoms. The van der Waals surface area contributed by atoms with E-state index < -0.39 is 0 Å². The summed E-state index contributed by atoms with van der Waals surface area (Å²) in [6, 6.07) is 4.66. The lowest BCUT2D eigenvalue weighted by atomic mass is 10.1. The molecule has 1 unspecified atom stereocenters. The molecule has 0 aliphatic carbocycles. The molecule has 0 spiro atoms. The van der Waals surface area contributed by atoms with Gasteiger partial charge < -0.3 is 15.4 Å². The van der Waals surface area contributed by atoms with Crippen LogP contribution in [0.1, 0.15) is 38.9 Å². The normalized spacial score (nSPS) is 16.2. The van der Waals surface area contributed by atoms with Crippen LogP contribution in [0.15, 0.2) is 23.0 Å². The maximum atomic E-state index is 12.6. The Morgan fingerprint density at radius 2 is 2.17 bits per heavy atom. The summed E-state index contributed by atoms with van der Waals surface area (Å²) < 4.78 is 8.56. The van der Waals surface area contributed by atoms with Crippen LogP contribution in [0.25, 0.3) is 0 Å². The first-order valence-electron chi connectivity index (χ1n) is 9.95. The second kappa shape index (κ2) is 9.35. The first-order chi connectivity index (χ1) is 13.9. The summed E-state index contributed by atoms with van der Waals surface area (Å²) in [7, 11) is 1.53. The fourth-order valence-electron chi connectivity index (χ4n) is 3.42. The summed E-state index contributed by atoms with van der Waals surface area (Å²) in [5.41, 5.74) is 0.446. The number of ether oxygens (including phenoxy) is 1. The predicted octanol–water partition coefficient (Wildman–Crippen LogP) is 3.28.